The van der Waals surface area contributed by atoms with Crippen LogP contribution in [0.3, 0.4) is 0 Å². The van der Waals surface area contributed by atoms with Gasteiger partial charge in [-0.1, -0.05) is 12.6 Å². The minimum atomic E-state index is -0.570. The van der Waals surface area contributed by atoms with E-state index in [9.17, 15) is 8.78 Å². The summed E-state index contributed by atoms with van der Waals surface area (Å²) in [5.74, 6) is -1.14. The van der Waals surface area contributed by atoms with E-state index in [1.165, 1.54) is 18.2 Å². The standard InChI is InChI=1S/C14H12BrF2N/c1-3-18-9(2)10(15)7-8-13(18)14-11(16)5-4-6-12(14)17/h4-8H,2-3H2,1H3. The average Bonchev–Trinajstić information content (AvgIpc) is 2.33. The molecule has 0 atom stereocenters. The normalized spacial score (nSPS) is 15.6. The van der Waals surface area contributed by atoms with Crippen LogP contribution >= 0.6 is 15.9 Å². The van der Waals surface area contributed by atoms with E-state index in [1.807, 2.05) is 6.92 Å². The molecule has 0 aliphatic carbocycles. The Morgan fingerprint density at radius 3 is 2.39 bits per heavy atom. The maximum absolute atomic E-state index is 13.8. The third-order valence-corrected chi connectivity index (χ3v) is 3.54. The van der Waals surface area contributed by atoms with Crippen molar-refractivity contribution in [2.75, 3.05) is 6.54 Å². The third-order valence-electron chi connectivity index (χ3n) is 2.81. The van der Waals surface area contributed by atoms with Crippen LogP contribution in [0.2, 0.25) is 0 Å². The number of halogens is 3. The van der Waals surface area contributed by atoms with Crippen LogP contribution in [0, 0.1) is 11.6 Å². The Hall–Kier alpha value is -1.42. The lowest BCUT2D eigenvalue weighted by molar-refractivity contribution is 0.508. The van der Waals surface area contributed by atoms with E-state index in [0.29, 0.717) is 17.9 Å². The van der Waals surface area contributed by atoms with Gasteiger partial charge in [-0.25, -0.2) is 8.78 Å². The Morgan fingerprint density at radius 1 is 1.22 bits per heavy atom. The Balaban J connectivity index is 2.59. The fourth-order valence-corrected chi connectivity index (χ4v) is 2.28. The topological polar surface area (TPSA) is 3.24 Å². The van der Waals surface area contributed by atoms with Gasteiger partial charge in [-0.3, -0.25) is 0 Å². The van der Waals surface area contributed by atoms with Gasteiger partial charge in [0.05, 0.1) is 11.3 Å². The quantitative estimate of drug-likeness (QED) is 0.781. The van der Waals surface area contributed by atoms with Gasteiger partial charge in [0.15, 0.2) is 0 Å². The largest absolute Gasteiger partial charge is 0.341 e. The molecule has 0 saturated carbocycles. The molecule has 1 nitrogen and oxygen atoms in total. The monoisotopic (exact) mass is 311 g/mol. The van der Waals surface area contributed by atoms with Crippen LogP contribution in [-0.2, 0) is 0 Å². The molecule has 0 saturated heterocycles. The lowest BCUT2D eigenvalue weighted by Crippen LogP contribution is -2.24. The third kappa shape index (κ3) is 2.12. The van der Waals surface area contributed by atoms with E-state index in [4.69, 9.17) is 0 Å². The summed E-state index contributed by atoms with van der Waals surface area (Å²) in [4.78, 5) is 1.77. The van der Waals surface area contributed by atoms with Crippen LogP contribution in [-0.4, -0.2) is 11.4 Å². The van der Waals surface area contributed by atoms with Crippen LogP contribution < -0.4 is 0 Å². The van der Waals surface area contributed by atoms with Gasteiger partial charge in [0.1, 0.15) is 11.6 Å². The first-order chi connectivity index (χ1) is 8.56. The van der Waals surface area contributed by atoms with Crippen LogP contribution in [0.25, 0.3) is 5.70 Å². The lowest BCUT2D eigenvalue weighted by Gasteiger charge is -2.30. The van der Waals surface area contributed by atoms with Crippen molar-refractivity contribution in [3.63, 3.8) is 0 Å². The fraction of sp³-hybridized carbons (Fsp3) is 0.143. The van der Waals surface area contributed by atoms with Crippen molar-refractivity contribution >= 4 is 21.6 Å². The van der Waals surface area contributed by atoms with Crippen molar-refractivity contribution in [2.24, 2.45) is 0 Å². The molecular weight excluding hydrogens is 300 g/mol. The SMILES string of the molecule is C=C1C(Br)=CC=C(c2c(F)cccc2F)N1CC. The van der Waals surface area contributed by atoms with E-state index in [1.54, 1.807) is 17.1 Å². The fourth-order valence-electron chi connectivity index (χ4n) is 1.93. The summed E-state index contributed by atoms with van der Waals surface area (Å²) in [7, 11) is 0. The van der Waals surface area contributed by atoms with Gasteiger partial charge in [0.2, 0.25) is 0 Å². The number of allylic oxidation sites excluding steroid dienone is 3. The van der Waals surface area contributed by atoms with Crippen molar-refractivity contribution < 1.29 is 8.78 Å². The molecule has 18 heavy (non-hydrogen) atoms. The molecule has 0 radical (unpaired) electrons. The molecule has 1 aromatic rings. The van der Waals surface area contributed by atoms with Gasteiger partial charge in [0, 0.05) is 16.7 Å². The Morgan fingerprint density at radius 2 is 1.83 bits per heavy atom. The van der Waals surface area contributed by atoms with E-state index >= 15 is 0 Å². The van der Waals surface area contributed by atoms with Gasteiger partial charge >= 0.3 is 0 Å². The molecular formula is C14H12BrF2N. The second-order valence-corrected chi connectivity index (χ2v) is 4.71. The number of rotatable bonds is 2. The number of likely N-dealkylation sites (N-methyl/N-ethyl adjacent to an activating group) is 1. The zero-order valence-electron chi connectivity index (χ0n) is 9.88. The molecule has 0 spiro atoms. The number of nitrogens with zero attached hydrogens (tertiary/aromatic N) is 1. The predicted octanol–water partition coefficient (Wildman–Crippen LogP) is 4.43. The van der Waals surface area contributed by atoms with Gasteiger partial charge < -0.3 is 4.90 Å². The molecule has 1 aliphatic heterocycles. The summed E-state index contributed by atoms with van der Waals surface area (Å²) in [6, 6.07) is 3.86. The first-order valence-electron chi connectivity index (χ1n) is 5.55. The highest BCUT2D eigenvalue weighted by molar-refractivity contribution is 9.12. The van der Waals surface area contributed by atoms with Crippen LogP contribution in [0.5, 0.6) is 0 Å². The second-order valence-electron chi connectivity index (χ2n) is 3.85. The molecule has 94 valence electrons. The molecule has 0 amide bonds. The van der Waals surface area contributed by atoms with E-state index < -0.39 is 11.6 Å². The molecule has 0 unspecified atom stereocenters. The first kappa shape index (κ1) is 13.0. The zero-order chi connectivity index (χ0) is 13.3. The minimum absolute atomic E-state index is 0.0169. The van der Waals surface area contributed by atoms with Crippen LogP contribution in [0.15, 0.2) is 47.1 Å². The number of hydrogen-bond acceptors (Lipinski definition) is 1. The van der Waals surface area contributed by atoms with Gasteiger partial charge in [0.25, 0.3) is 0 Å². The highest BCUT2D eigenvalue weighted by atomic mass is 79.9. The highest BCUT2D eigenvalue weighted by Crippen LogP contribution is 2.34. The summed E-state index contributed by atoms with van der Waals surface area (Å²) in [6.07, 6.45) is 3.43. The Kier molecular flexibility index (Phi) is 3.66. The molecule has 0 bridgehead atoms. The molecule has 4 heteroatoms. The van der Waals surface area contributed by atoms with Crippen molar-refractivity contribution in [3.05, 3.63) is 64.3 Å². The van der Waals surface area contributed by atoms with Crippen molar-refractivity contribution in [3.8, 4) is 0 Å². The summed E-state index contributed by atoms with van der Waals surface area (Å²) in [5, 5.41) is 0. The summed E-state index contributed by atoms with van der Waals surface area (Å²) in [6.45, 7) is 6.40. The molecule has 2 rings (SSSR count). The summed E-state index contributed by atoms with van der Waals surface area (Å²) < 4.78 is 28.4. The maximum Gasteiger partial charge on any atom is 0.135 e. The predicted molar refractivity (Wildman–Crippen MR) is 72.9 cm³/mol. The molecule has 0 fully saturated rings. The van der Waals surface area contributed by atoms with Crippen molar-refractivity contribution in [1.29, 1.82) is 0 Å². The van der Waals surface area contributed by atoms with Crippen molar-refractivity contribution in [1.82, 2.24) is 4.90 Å². The molecule has 1 aliphatic rings. The van der Waals surface area contributed by atoms with Crippen LogP contribution in [0.1, 0.15) is 12.5 Å². The zero-order valence-corrected chi connectivity index (χ0v) is 11.5. The second kappa shape index (κ2) is 5.06. The maximum atomic E-state index is 13.8. The molecule has 1 heterocycles. The first-order valence-corrected chi connectivity index (χ1v) is 6.34. The number of benzene rings is 1. The van der Waals surface area contributed by atoms with E-state index in [-0.39, 0.29) is 5.56 Å². The lowest BCUT2D eigenvalue weighted by atomic mass is 10.1. The summed E-state index contributed by atoms with van der Waals surface area (Å²) in [5.41, 5.74) is 1.16. The van der Waals surface area contributed by atoms with Gasteiger partial charge in [-0.05, 0) is 47.1 Å². The smallest absolute Gasteiger partial charge is 0.135 e. The minimum Gasteiger partial charge on any atom is -0.341 e. The van der Waals surface area contributed by atoms with E-state index in [0.717, 1.165) is 4.48 Å². The Bertz CT molecular complexity index is 541. The van der Waals surface area contributed by atoms with Gasteiger partial charge in [-0.2, -0.15) is 0 Å². The Labute approximate surface area is 113 Å². The van der Waals surface area contributed by atoms with E-state index in [2.05, 4.69) is 22.5 Å². The summed E-state index contributed by atoms with van der Waals surface area (Å²) >= 11 is 3.36. The average molecular weight is 312 g/mol. The molecule has 0 aromatic heterocycles. The number of hydrogen-bond donors (Lipinski definition) is 0. The van der Waals surface area contributed by atoms with Crippen molar-refractivity contribution in [2.45, 2.75) is 6.92 Å². The van der Waals surface area contributed by atoms with Crippen LogP contribution in [0.4, 0.5) is 8.78 Å². The highest BCUT2D eigenvalue weighted by Gasteiger charge is 2.23. The van der Waals surface area contributed by atoms with Gasteiger partial charge in [-0.15, -0.1) is 0 Å². The molecule has 1 aromatic carbocycles. The molecule has 0 N–H and O–H groups in total.